The Bertz CT molecular complexity index is 290. The molecule has 0 saturated heterocycles. The summed E-state index contributed by atoms with van der Waals surface area (Å²) in [5.74, 6) is 0. The largest absolute Gasteiger partial charge is 0.309 e. The lowest BCUT2D eigenvalue weighted by atomic mass is 10.1. The third kappa shape index (κ3) is 3.78. The minimum atomic E-state index is 0.730. The summed E-state index contributed by atoms with van der Waals surface area (Å²) in [6, 6.07) is 4.83. The van der Waals surface area contributed by atoms with Crippen molar-refractivity contribution in [1.82, 2.24) is 5.32 Å². The summed E-state index contributed by atoms with van der Waals surface area (Å²) >= 11 is 7.58. The van der Waals surface area contributed by atoms with Gasteiger partial charge in [0.15, 0.2) is 0 Å². The van der Waals surface area contributed by atoms with Gasteiger partial charge in [0, 0.05) is 17.5 Å². The van der Waals surface area contributed by atoms with Gasteiger partial charge in [-0.05, 0) is 25.0 Å². The van der Waals surface area contributed by atoms with Crippen molar-refractivity contribution in [3.63, 3.8) is 0 Å². The van der Waals surface area contributed by atoms with Crippen LogP contribution in [0, 0.1) is 0 Å². The van der Waals surface area contributed by atoms with Gasteiger partial charge in [0.25, 0.3) is 0 Å². The lowest BCUT2D eigenvalue weighted by Crippen LogP contribution is -2.27. The van der Waals surface area contributed by atoms with Crippen LogP contribution in [0.4, 0.5) is 0 Å². The standard InChI is InChI=1S/C12H18ClNS/c13-12-8-7-11(15-12)9-14-10-5-3-1-2-4-6-10/h7-8,10,14H,1-6,9H2. The van der Waals surface area contributed by atoms with E-state index < -0.39 is 0 Å². The molecule has 1 saturated carbocycles. The van der Waals surface area contributed by atoms with Gasteiger partial charge < -0.3 is 5.32 Å². The van der Waals surface area contributed by atoms with Crippen LogP contribution >= 0.6 is 22.9 Å². The number of halogens is 1. The van der Waals surface area contributed by atoms with E-state index in [-0.39, 0.29) is 0 Å². The van der Waals surface area contributed by atoms with Gasteiger partial charge in [-0.2, -0.15) is 0 Å². The van der Waals surface area contributed by atoms with Gasteiger partial charge in [0.1, 0.15) is 0 Å². The first kappa shape index (κ1) is 11.4. The molecule has 1 fully saturated rings. The minimum absolute atomic E-state index is 0.730. The fraction of sp³-hybridized carbons (Fsp3) is 0.667. The highest BCUT2D eigenvalue weighted by atomic mass is 35.5. The lowest BCUT2D eigenvalue weighted by molar-refractivity contribution is 0.461. The molecule has 0 aromatic carbocycles. The average Bonchev–Trinajstić information content (AvgIpc) is 2.52. The summed E-state index contributed by atoms with van der Waals surface area (Å²) in [4.78, 5) is 1.35. The van der Waals surface area contributed by atoms with E-state index in [2.05, 4.69) is 11.4 Å². The predicted molar refractivity (Wildman–Crippen MR) is 67.7 cm³/mol. The topological polar surface area (TPSA) is 12.0 Å². The molecule has 15 heavy (non-hydrogen) atoms. The van der Waals surface area contributed by atoms with Crippen molar-refractivity contribution in [3.05, 3.63) is 21.3 Å². The van der Waals surface area contributed by atoms with E-state index in [1.807, 2.05) is 6.07 Å². The summed E-state index contributed by atoms with van der Waals surface area (Å²) in [5, 5.41) is 3.64. The van der Waals surface area contributed by atoms with E-state index in [0.29, 0.717) is 0 Å². The maximum atomic E-state index is 5.90. The van der Waals surface area contributed by atoms with Gasteiger partial charge in [-0.15, -0.1) is 11.3 Å². The van der Waals surface area contributed by atoms with Gasteiger partial charge in [0.2, 0.25) is 0 Å². The Morgan fingerprint density at radius 3 is 2.53 bits per heavy atom. The molecule has 1 nitrogen and oxygen atoms in total. The molecule has 0 amide bonds. The number of nitrogens with one attached hydrogen (secondary N) is 1. The van der Waals surface area contributed by atoms with Gasteiger partial charge >= 0.3 is 0 Å². The molecule has 84 valence electrons. The second-order valence-corrected chi connectivity index (χ2v) is 6.07. The molecule has 2 rings (SSSR count). The summed E-state index contributed by atoms with van der Waals surface area (Å²) in [6.07, 6.45) is 8.32. The zero-order valence-electron chi connectivity index (χ0n) is 8.97. The molecule has 1 aromatic rings. The van der Waals surface area contributed by atoms with Crippen LogP contribution in [0.3, 0.4) is 0 Å². The van der Waals surface area contributed by atoms with Crippen LogP contribution in [0.15, 0.2) is 12.1 Å². The fourth-order valence-corrected chi connectivity index (χ4v) is 3.21. The normalized spacial score (nSPS) is 19.0. The summed E-state index contributed by atoms with van der Waals surface area (Å²) in [7, 11) is 0. The van der Waals surface area contributed by atoms with Crippen LogP contribution in [-0.4, -0.2) is 6.04 Å². The van der Waals surface area contributed by atoms with Crippen molar-refractivity contribution in [2.24, 2.45) is 0 Å². The smallest absolute Gasteiger partial charge is 0.0931 e. The quantitative estimate of drug-likeness (QED) is 0.784. The van der Waals surface area contributed by atoms with Crippen LogP contribution in [0.2, 0.25) is 4.34 Å². The zero-order valence-corrected chi connectivity index (χ0v) is 10.5. The zero-order chi connectivity index (χ0) is 10.5. The van der Waals surface area contributed by atoms with E-state index in [9.17, 15) is 0 Å². The van der Waals surface area contributed by atoms with Gasteiger partial charge in [-0.1, -0.05) is 37.3 Å². The SMILES string of the molecule is Clc1ccc(CNC2CCCCCC2)s1. The first-order valence-electron chi connectivity index (χ1n) is 5.82. The summed E-state index contributed by atoms with van der Waals surface area (Å²) in [6.45, 7) is 0.988. The summed E-state index contributed by atoms with van der Waals surface area (Å²) in [5.41, 5.74) is 0. The van der Waals surface area contributed by atoms with Crippen molar-refractivity contribution in [1.29, 1.82) is 0 Å². The maximum Gasteiger partial charge on any atom is 0.0931 e. The number of hydrogen-bond donors (Lipinski definition) is 1. The Hall–Kier alpha value is -0.0500. The number of rotatable bonds is 3. The van der Waals surface area contributed by atoms with Crippen molar-refractivity contribution >= 4 is 22.9 Å². The molecular formula is C12H18ClNS. The van der Waals surface area contributed by atoms with E-state index in [1.165, 1.54) is 43.4 Å². The van der Waals surface area contributed by atoms with Crippen molar-refractivity contribution in [2.45, 2.75) is 51.1 Å². The lowest BCUT2D eigenvalue weighted by Gasteiger charge is -2.15. The van der Waals surface area contributed by atoms with Crippen LogP contribution < -0.4 is 5.32 Å². The molecule has 0 aliphatic heterocycles. The molecular weight excluding hydrogens is 226 g/mol. The molecule has 1 aliphatic carbocycles. The van der Waals surface area contributed by atoms with E-state index in [1.54, 1.807) is 11.3 Å². The molecule has 0 atom stereocenters. The molecule has 0 spiro atoms. The first-order chi connectivity index (χ1) is 7.34. The van der Waals surface area contributed by atoms with Gasteiger partial charge in [-0.3, -0.25) is 0 Å². The van der Waals surface area contributed by atoms with Gasteiger partial charge in [0.05, 0.1) is 4.34 Å². The Kier molecular flexibility index (Phi) is 4.48. The van der Waals surface area contributed by atoms with Crippen LogP contribution in [0.1, 0.15) is 43.4 Å². The molecule has 3 heteroatoms. The van der Waals surface area contributed by atoms with Crippen LogP contribution in [0.25, 0.3) is 0 Å². The molecule has 1 aliphatic rings. The monoisotopic (exact) mass is 243 g/mol. The van der Waals surface area contributed by atoms with Crippen LogP contribution in [0.5, 0.6) is 0 Å². The Morgan fingerprint density at radius 2 is 1.93 bits per heavy atom. The number of hydrogen-bond acceptors (Lipinski definition) is 2. The van der Waals surface area contributed by atoms with Gasteiger partial charge in [-0.25, -0.2) is 0 Å². The third-order valence-electron chi connectivity index (χ3n) is 3.05. The highest BCUT2D eigenvalue weighted by molar-refractivity contribution is 7.16. The predicted octanol–water partition coefficient (Wildman–Crippen LogP) is 4.21. The molecule has 0 radical (unpaired) electrons. The highest BCUT2D eigenvalue weighted by Crippen LogP contribution is 2.22. The second kappa shape index (κ2) is 5.88. The van der Waals surface area contributed by atoms with E-state index in [4.69, 9.17) is 11.6 Å². The third-order valence-corrected chi connectivity index (χ3v) is 4.28. The van der Waals surface area contributed by atoms with Crippen molar-refractivity contribution < 1.29 is 0 Å². The Morgan fingerprint density at radius 1 is 1.20 bits per heavy atom. The summed E-state index contributed by atoms with van der Waals surface area (Å²) < 4.78 is 0.896. The van der Waals surface area contributed by atoms with E-state index >= 15 is 0 Å². The first-order valence-corrected chi connectivity index (χ1v) is 7.01. The minimum Gasteiger partial charge on any atom is -0.309 e. The molecule has 1 N–H and O–H groups in total. The second-order valence-electron chi connectivity index (χ2n) is 4.28. The van der Waals surface area contributed by atoms with Crippen molar-refractivity contribution in [2.75, 3.05) is 0 Å². The molecule has 1 heterocycles. The van der Waals surface area contributed by atoms with Crippen LogP contribution in [-0.2, 0) is 6.54 Å². The molecule has 0 unspecified atom stereocenters. The highest BCUT2D eigenvalue weighted by Gasteiger charge is 2.11. The fourth-order valence-electron chi connectivity index (χ4n) is 2.18. The Labute approximate surface area is 101 Å². The number of thiophene rings is 1. The molecule has 1 aromatic heterocycles. The average molecular weight is 244 g/mol. The van der Waals surface area contributed by atoms with E-state index in [0.717, 1.165) is 16.9 Å². The molecule has 0 bridgehead atoms. The van der Waals surface area contributed by atoms with Crippen molar-refractivity contribution in [3.8, 4) is 0 Å². The maximum absolute atomic E-state index is 5.90. The Balaban J connectivity index is 1.76.